The summed E-state index contributed by atoms with van der Waals surface area (Å²) in [5.41, 5.74) is 2.91. The molecule has 0 radical (unpaired) electrons. The van der Waals surface area contributed by atoms with E-state index in [2.05, 4.69) is 33.7 Å². The molecule has 1 aliphatic rings. The van der Waals surface area contributed by atoms with Gasteiger partial charge in [0.15, 0.2) is 0 Å². The molecule has 3 heterocycles. The first kappa shape index (κ1) is 17.5. The lowest BCUT2D eigenvalue weighted by atomic mass is 10.0. The van der Waals surface area contributed by atoms with E-state index in [9.17, 15) is 4.79 Å². The Bertz CT molecular complexity index is 927. The molecule has 0 N–H and O–H groups in total. The van der Waals surface area contributed by atoms with Crippen LogP contribution in [0.3, 0.4) is 0 Å². The molecule has 2 aromatic heterocycles. The molecular weight excluding hydrogens is 338 g/mol. The van der Waals surface area contributed by atoms with Gasteiger partial charge in [-0.05, 0) is 32.8 Å². The lowest BCUT2D eigenvalue weighted by Gasteiger charge is -2.34. The van der Waals surface area contributed by atoms with Gasteiger partial charge in [0.25, 0.3) is 5.91 Å². The van der Waals surface area contributed by atoms with Gasteiger partial charge in [-0.2, -0.15) is 5.10 Å². The van der Waals surface area contributed by atoms with Crippen LogP contribution in [0.1, 0.15) is 42.0 Å². The van der Waals surface area contributed by atoms with Gasteiger partial charge in [-0.3, -0.25) is 9.48 Å². The van der Waals surface area contributed by atoms with Crippen LogP contribution < -0.4 is 0 Å². The van der Waals surface area contributed by atoms with Gasteiger partial charge >= 0.3 is 0 Å². The summed E-state index contributed by atoms with van der Waals surface area (Å²) in [5.74, 6) is 1.05. The Morgan fingerprint density at radius 1 is 1.22 bits per heavy atom. The van der Waals surface area contributed by atoms with Crippen molar-refractivity contribution >= 4 is 5.91 Å². The molecule has 0 bridgehead atoms. The van der Waals surface area contributed by atoms with E-state index < -0.39 is 0 Å². The molecule has 6 nitrogen and oxygen atoms in total. The molecule has 0 spiro atoms. The third-order valence-corrected chi connectivity index (χ3v) is 5.30. The Labute approximate surface area is 159 Å². The minimum absolute atomic E-state index is 0.0677. The summed E-state index contributed by atoms with van der Waals surface area (Å²) >= 11 is 0. The van der Waals surface area contributed by atoms with E-state index in [1.54, 1.807) is 10.9 Å². The SMILES string of the molecule is CCn1nccc1C(=O)N1CCCC(n2c(C)cnc2-c2ccccc2)C1. The highest BCUT2D eigenvalue weighted by molar-refractivity contribution is 5.92. The number of likely N-dealkylation sites (tertiary alicyclic amines) is 1. The number of imidazole rings is 1. The molecule has 1 saturated heterocycles. The number of carbonyl (C=O) groups excluding carboxylic acids is 1. The summed E-state index contributed by atoms with van der Waals surface area (Å²) in [7, 11) is 0. The first-order valence-electron chi connectivity index (χ1n) is 9.59. The number of benzene rings is 1. The predicted octanol–water partition coefficient (Wildman–Crippen LogP) is 3.55. The van der Waals surface area contributed by atoms with Gasteiger partial charge in [-0.15, -0.1) is 0 Å². The van der Waals surface area contributed by atoms with Crippen LogP contribution in [0.15, 0.2) is 48.8 Å². The average molecular weight is 363 g/mol. The predicted molar refractivity (Wildman–Crippen MR) is 104 cm³/mol. The molecule has 6 heteroatoms. The minimum Gasteiger partial charge on any atom is -0.335 e. The van der Waals surface area contributed by atoms with Crippen molar-refractivity contribution in [2.75, 3.05) is 13.1 Å². The third kappa shape index (κ3) is 3.27. The number of nitrogens with zero attached hydrogens (tertiary/aromatic N) is 5. The van der Waals surface area contributed by atoms with E-state index in [1.165, 1.54) is 0 Å². The van der Waals surface area contributed by atoms with Crippen LogP contribution in [-0.2, 0) is 6.54 Å². The van der Waals surface area contributed by atoms with Gasteiger partial charge < -0.3 is 9.47 Å². The zero-order valence-electron chi connectivity index (χ0n) is 15.9. The summed E-state index contributed by atoms with van der Waals surface area (Å²) < 4.78 is 4.07. The summed E-state index contributed by atoms with van der Waals surface area (Å²) in [5, 5.41) is 4.24. The molecule has 3 aromatic rings. The van der Waals surface area contributed by atoms with Crippen LogP contribution in [0.25, 0.3) is 11.4 Å². The van der Waals surface area contributed by atoms with Crippen LogP contribution in [-0.4, -0.2) is 43.2 Å². The van der Waals surface area contributed by atoms with E-state index in [0.717, 1.165) is 36.5 Å². The second kappa shape index (κ2) is 7.39. The van der Waals surface area contributed by atoms with Crippen molar-refractivity contribution in [2.45, 2.75) is 39.3 Å². The summed E-state index contributed by atoms with van der Waals surface area (Å²) in [4.78, 5) is 19.7. The van der Waals surface area contributed by atoms with Gasteiger partial charge in [-0.1, -0.05) is 30.3 Å². The number of amides is 1. The molecular formula is C21H25N5O. The monoisotopic (exact) mass is 363 g/mol. The van der Waals surface area contributed by atoms with Crippen molar-refractivity contribution in [3.63, 3.8) is 0 Å². The summed E-state index contributed by atoms with van der Waals surface area (Å²) in [6.07, 6.45) is 5.66. The van der Waals surface area contributed by atoms with Crippen LogP contribution in [0.2, 0.25) is 0 Å². The number of piperidine rings is 1. The fourth-order valence-corrected chi connectivity index (χ4v) is 3.99. The minimum atomic E-state index is 0.0677. The quantitative estimate of drug-likeness (QED) is 0.712. The van der Waals surface area contributed by atoms with Gasteiger partial charge in [0.05, 0.1) is 6.04 Å². The van der Waals surface area contributed by atoms with E-state index in [1.807, 2.05) is 42.3 Å². The number of hydrogen-bond acceptors (Lipinski definition) is 3. The topological polar surface area (TPSA) is 56.0 Å². The van der Waals surface area contributed by atoms with Crippen LogP contribution in [0.4, 0.5) is 0 Å². The van der Waals surface area contributed by atoms with Crippen LogP contribution in [0, 0.1) is 6.92 Å². The third-order valence-electron chi connectivity index (χ3n) is 5.30. The highest BCUT2D eigenvalue weighted by Crippen LogP contribution is 2.29. The molecule has 27 heavy (non-hydrogen) atoms. The zero-order valence-corrected chi connectivity index (χ0v) is 15.9. The van der Waals surface area contributed by atoms with E-state index >= 15 is 0 Å². The van der Waals surface area contributed by atoms with Gasteiger partial charge in [0.2, 0.25) is 0 Å². The largest absolute Gasteiger partial charge is 0.335 e. The van der Waals surface area contributed by atoms with E-state index in [4.69, 9.17) is 0 Å². The zero-order chi connectivity index (χ0) is 18.8. The molecule has 1 amide bonds. The summed E-state index contributed by atoms with van der Waals surface area (Å²) in [6, 6.07) is 12.3. The Balaban J connectivity index is 1.61. The molecule has 0 saturated carbocycles. The number of rotatable bonds is 4. The standard InChI is InChI=1S/C21H25N5O/c1-3-25-19(11-12-23-25)21(27)24-13-7-10-18(15-24)26-16(2)14-22-20(26)17-8-5-4-6-9-17/h4-6,8-9,11-12,14,18H,3,7,10,13,15H2,1-2H3. The highest BCUT2D eigenvalue weighted by Gasteiger charge is 2.29. The molecule has 1 fully saturated rings. The Kier molecular flexibility index (Phi) is 4.79. The first-order chi connectivity index (χ1) is 13.2. The fraction of sp³-hybridized carbons (Fsp3) is 0.381. The average Bonchev–Trinajstić information content (AvgIpc) is 3.34. The number of carbonyl (C=O) groups is 1. The molecule has 1 unspecified atom stereocenters. The maximum absolute atomic E-state index is 13.0. The van der Waals surface area contributed by atoms with Crippen molar-refractivity contribution in [1.29, 1.82) is 0 Å². The maximum atomic E-state index is 13.0. The normalized spacial score (nSPS) is 17.3. The van der Waals surface area contributed by atoms with Crippen molar-refractivity contribution in [1.82, 2.24) is 24.2 Å². The van der Waals surface area contributed by atoms with Gasteiger partial charge in [-0.25, -0.2) is 4.98 Å². The first-order valence-corrected chi connectivity index (χ1v) is 9.59. The second-order valence-corrected chi connectivity index (χ2v) is 7.04. The lowest BCUT2D eigenvalue weighted by molar-refractivity contribution is 0.0666. The van der Waals surface area contributed by atoms with Crippen molar-refractivity contribution < 1.29 is 4.79 Å². The maximum Gasteiger partial charge on any atom is 0.272 e. The van der Waals surface area contributed by atoms with E-state index in [0.29, 0.717) is 18.8 Å². The van der Waals surface area contributed by atoms with Gasteiger partial charge in [0.1, 0.15) is 11.5 Å². The van der Waals surface area contributed by atoms with E-state index in [-0.39, 0.29) is 11.9 Å². The smallest absolute Gasteiger partial charge is 0.272 e. The fourth-order valence-electron chi connectivity index (χ4n) is 3.99. The molecule has 4 rings (SSSR count). The Hall–Kier alpha value is -2.89. The lowest BCUT2D eigenvalue weighted by Crippen LogP contribution is -2.41. The number of hydrogen-bond donors (Lipinski definition) is 0. The Morgan fingerprint density at radius 3 is 2.81 bits per heavy atom. The second-order valence-electron chi connectivity index (χ2n) is 7.04. The summed E-state index contributed by atoms with van der Waals surface area (Å²) in [6.45, 7) is 6.28. The number of aryl methyl sites for hydroxylation is 2. The van der Waals surface area contributed by atoms with Crippen molar-refractivity contribution in [3.05, 3.63) is 60.2 Å². The van der Waals surface area contributed by atoms with Gasteiger partial charge in [0, 0.05) is 43.3 Å². The molecule has 140 valence electrons. The molecule has 1 aliphatic heterocycles. The van der Waals surface area contributed by atoms with Crippen molar-refractivity contribution in [3.8, 4) is 11.4 Å². The Morgan fingerprint density at radius 2 is 2.04 bits per heavy atom. The highest BCUT2D eigenvalue weighted by atomic mass is 16.2. The number of aromatic nitrogens is 4. The molecule has 0 aliphatic carbocycles. The molecule has 1 aromatic carbocycles. The van der Waals surface area contributed by atoms with Crippen LogP contribution in [0.5, 0.6) is 0 Å². The molecule has 1 atom stereocenters. The van der Waals surface area contributed by atoms with Crippen molar-refractivity contribution in [2.24, 2.45) is 0 Å². The van der Waals surface area contributed by atoms with Crippen LogP contribution >= 0.6 is 0 Å².